The highest BCUT2D eigenvalue weighted by Gasteiger charge is 2.37. The normalized spacial score (nSPS) is 21.2. The average molecular weight is 195 g/mol. The topological polar surface area (TPSA) is 12.0 Å². The summed E-state index contributed by atoms with van der Waals surface area (Å²) < 4.78 is 36.3. The molecule has 0 aliphatic heterocycles. The van der Waals surface area contributed by atoms with Gasteiger partial charge >= 0.3 is 6.18 Å². The lowest BCUT2D eigenvalue weighted by Crippen LogP contribution is -2.42. The van der Waals surface area contributed by atoms with Crippen LogP contribution in [0.1, 0.15) is 32.6 Å². The summed E-state index contributed by atoms with van der Waals surface area (Å²) in [6.07, 6.45) is -1.71. The monoisotopic (exact) mass is 195 g/mol. The lowest BCUT2D eigenvalue weighted by atomic mass is 9.78. The summed E-state index contributed by atoms with van der Waals surface area (Å²) in [5.41, 5.74) is 0. The van der Waals surface area contributed by atoms with Crippen molar-refractivity contribution in [3.63, 3.8) is 0 Å². The SMILES string of the molecule is CCNC(CC(F)(F)F)C1CCC1. The Morgan fingerprint density at radius 3 is 2.31 bits per heavy atom. The van der Waals surface area contributed by atoms with Gasteiger partial charge in [-0.15, -0.1) is 0 Å². The molecule has 0 aromatic carbocycles. The molecular weight excluding hydrogens is 179 g/mol. The number of nitrogens with one attached hydrogen (secondary N) is 1. The third-order valence-electron chi connectivity index (χ3n) is 2.64. The fourth-order valence-electron chi connectivity index (χ4n) is 1.76. The first-order chi connectivity index (χ1) is 6.03. The Morgan fingerprint density at radius 2 is 2.00 bits per heavy atom. The summed E-state index contributed by atoms with van der Waals surface area (Å²) in [5, 5.41) is 2.92. The van der Waals surface area contributed by atoms with E-state index in [0.717, 1.165) is 19.3 Å². The van der Waals surface area contributed by atoms with Gasteiger partial charge in [0.05, 0.1) is 6.42 Å². The van der Waals surface area contributed by atoms with Crippen molar-refractivity contribution in [2.45, 2.75) is 44.8 Å². The molecule has 0 aromatic rings. The maximum Gasteiger partial charge on any atom is 0.390 e. The molecule has 0 bridgehead atoms. The Hall–Kier alpha value is -0.250. The first kappa shape index (κ1) is 10.8. The molecule has 0 amide bonds. The molecular formula is C9H16F3N. The van der Waals surface area contributed by atoms with Crippen LogP contribution in [0.2, 0.25) is 0 Å². The third-order valence-corrected chi connectivity index (χ3v) is 2.64. The van der Waals surface area contributed by atoms with Gasteiger partial charge in [-0.05, 0) is 25.3 Å². The van der Waals surface area contributed by atoms with Crippen molar-refractivity contribution in [2.24, 2.45) is 5.92 Å². The van der Waals surface area contributed by atoms with E-state index in [4.69, 9.17) is 0 Å². The fraction of sp³-hybridized carbons (Fsp3) is 1.00. The van der Waals surface area contributed by atoms with E-state index in [1.165, 1.54) is 0 Å². The van der Waals surface area contributed by atoms with Crippen LogP contribution in [0.3, 0.4) is 0 Å². The minimum Gasteiger partial charge on any atom is -0.314 e. The van der Waals surface area contributed by atoms with Crippen molar-refractivity contribution < 1.29 is 13.2 Å². The molecule has 1 unspecified atom stereocenters. The third kappa shape index (κ3) is 3.55. The zero-order valence-corrected chi connectivity index (χ0v) is 7.82. The molecule has 0 radical (unpaired) electrons. The van der Waals surface area contributed by atoms with Crippen LogP contribution in [0.25, 0.3) is 0 Å². The highest BCUT2D eigenvalue weighted by Crippen LogP contribution is 2.34. The van der Waals surface area contributed by atoms with E-state index < -0.39 is 12.6 Å². The first-order valence-corrected chi connectivity index (χ1v) is 4.83. The van der Waals surface area contributed by atoms with E-state index in [1.54, 1.807) is 0 Å². The Balaban J connectivity index is 2.37. The highest BCUT2D eigenvalue weighted by atomic mass is 19.4. The van der Waals surface area contributed by atoms with Crippen LogP contribution >= 0.6 is 0 Å². The van der Waals surface area contributed by atoms with Crippen LogP contribution in [0.5, 0.6) is 0 Å². The molecule has 0 spiro atoms. The summed E-state index contributed by atoms with van der Waals surface area (Å²) in [6.45, 7) is 2.47. The van der Waals surface area contributed by atoms with Gasteiger partial charge in [-0.25, -0.2) is 0 Å². The van der Waals surface area contributed by atoms with Crippen LogP contribution in [-0.2, 0) is 0 Å². The summed E-state index contributed by atoms with van der Waals surface area (Å²) in [6, 6.07) is -0.348. The number of hydrogen-bond donors (Lipinski definition) is 1. The molecule has 0 heterocycles. The van der Waals surface area contributed by atoms with Gasteiger partial charge in [0.25, 0.3) is 0 Å². The second-order valence-corrected chi connectivity index (χ2v) is 3.67. The van der Waals surface area contributed by atoms with Crippen molar-refractivity contribution in [2.75, 3.05) is 6.54 Å². The van der Waals surface area contributed by atoms with E-state index in [1.807, 2.05) is 6.92 Å². The molecule has 1 N–H and O–H groups in total. The van der Waals surface area contributed by atoms with Gasteiger partial charge in [0.2, 0.25) is 0 Å². The van der Waals surface area contributed by atoms with Crippen LogP contribution in [0.15, 0.2) is 0 Å². The van der Waals surface area contributed by atoms with E-state index >= 15 is 0 Å². The Kier molecular flexibility index (Phi) is 3.59. The van der Waals surface area contributed by atoms with Crippen LogP contribution in [-0.4, -0.2) is 18.8 Å². The fourth-order valence-corrected chi connectivity index (χ4v) is 1.76. The van der Waals surface area contributed by atoms with E-state index in [-0.39, 0.29) is 12.0 Å². The Morgan fingerprint density at radius 1 is 1.38 bits per heavy atom. The lowest BCUT2D eigenvalue weighted by molar-refractivity contribution is -0.144. The predicted molar refractivity (Wildman–Crippen MR) is 45.5 cm³/mol. The average Bonchev–Trinajstić information content (AvgIpc) is 1.79. The molecule has 1 aliphatic carbocycles. The summed E-state index contributed by atoms with van der Waals surface area (Å²) >= 11 is 0. The molecule has 4 heteroatoms. The molecule has 1 fully saturated rings. The van der Waals surface area contributed by atoms with Gasteiger partial charge in [0.15, 0.2) is 0 Å². The van der Waals surface area contributed by atoms with Crippen molar-refractivity contribution >= 4 is 0 Å². The standard InChI is InChI=1S/C9H16F3N/c1-2-13-8(6-9(10,11)12)7-4-3-5-7/h7-8,13H,2-6H2,1H3. The van der Waals surface area contributed by atoms with Gasteiger partial charge in [-0.3, -0.25) is 0 Å². The van der Waals surface area contributed by atoms with E-state index in [2.05, 4.69) is 5.32 Å². The smallest absolute Gasteiger partial charge is 0.314 e. The number of hydrogen-bond acceptors (Lipinski definition) is 1. The maximum atomic E-state index is 12.1. The largest absolute Gasteiger partial charge is 0.390 e. The van der Waals surface area contributed by atoms with Crippen LogP contribution in [0.4, 0.5) is 13.2 Å². The number of halogens is 3. The zero-order valence-electron chi connectivity index (χ0n) is 7.82. The van der Waals surface area contributed by atoms with Gasteiger partial charge in [0, 0.05) is 6.04 Å². The summed E-state index contributed by atoms with van der Waals surface area (Å²) in [7, 11) is 0. The molecule has 1 aliphatic rings. The van der Waals surface area contributed by atoms with Crippen molar-refractivity contribution in [3.8, 4) is 0 Å². The van der Waals surface area contributed by atoms with Crippen LogP contribution in [0, 0.1) is 5.92 Å². The van der Waals surface area contributed by atoms with Crippen LogP contribution < -0.4 is 5.32 Å². The van der Waals surface area contributed by atoms with Gasteiger partial charge < -0.3 is 5.32 Å². The zero-order chi connectivity index (χ0) is 9.90. The number of rotatable bonds is 4. The molecule has 1 saturated carbocycles. The molecule has 0 aromatic heterocycles. The molecule has 1 rings (SSSR count). The van der Waals surface area contributed by atoms with Gasteiger partial charge in [0.1, 0.15) is 0 Å². The van der Waals surface area contributed by atoms with Crippen molar-refractivity contribution in [3.05, 3.63) is 0 Å². The summed E-state index contributed by atoms with van der Waals surface area (Å²) in [5.74, 6) is 0.251. The van der Waals surface area contributed by atoms with Crippen molar-refractivity contribution in [1.82, 2.24) is 5.32 Å². The van der Waals surface area contributed by atoms with Gasteiger partial charge in [-0.1, -0.05) is 13.3 Å². The number of alkyl halides is 3. The minimum atomic E-state index is -4.03. The second-order valence-electron chi connectivity index (χ2n) is 3.67. The molecule has 78 valence electrons. The molecule has 1 atom stereocenters. The van der Waals surface area contributed by atoms with Crippen molar-refractivity contribution in [1.29, 1.82) is 0 Å². The molecule has 13 heavy (non-hydrogen) atoms. The highest BCUT2D eigenvalue weighted by molar-refractivity contribution is 4.84. The minimum absolute atomic E-state index is 0.251. The Labute approximate surface area is 76.7 Å². The lowest BCUT2D eigenvalue weighted by Gasteiger charge is -2.34. The van der Waals surface area contributed by atoms with Gasteiger partial charge in [-0.2, -0.15) is 13.2 Å². The van der Waals surface area contributed by atoms with E-state index in [0.29, 0.717) is 6.54 Å². The predicted octanol–water partition coefficient (Wildman–Crippen LogP) is 2.72. The van der Waals surface area contributed by atoms with E-state index in [9.17, 15) is 13.2 Å². The second kappa shape index (κ2) is 4.31. The molecule has 0 saturated heterocycles. The first-order valence-electron chi connectivity index (χ1n) is 4.83. The quantitative estimate of drug-likeness (QED) is 0.727. The maximum absolute atomic E-state index is 12.1. The summed E-state index contributed by atoms with van der Waals surface area (Å²) in [4.78, 5) is 0. The Bertz CT molecular complexity index is 151. The molecule has 1 nitrogen and oxygen atoms in total.